The highest BCUT2D eigenvalue weighted by Crippen LogP contribution is 2.16. The van der Waals surface area contributed by atoms with Crippen LogP contribution in [0.1, 0.15) is 27.5 Å². The first-order chi connectivity index (χ1) is 14.6. The quantitative estimate of drug-likeness (QED) is 0.504. The lowest BCUT2D eigenvalue weighted by Gasteiger charge is -2.19. The number of rotatable bonds is 9. The molecule has 1 unspecified atom stereocenters. The summed E-state index contributed by atoms with van der Waals surface area (Å²) >= 11 is 1.54. The molecule has 0 heterocycles. The Kier molecular flexibility index (Phi) is 8.03. The summed E-state index contributed by atoms with van der Waals surface area (Å²) < 4.78 is 13.7. The van der Waals surface area contributed by atoms with E-state index < -0.39 is 6.04 Å². The van der Waals surface area contributed by atoms with Gasteiger partial charge >= 0.3 is 0 Å². The van der Waals surface area contributed by atoms with Crippen LogP contribution in [0.3, 0.4) is 0 Å². The van der Waals surface area contributed by atoms with Gasteiger partial charge < -0.3 is 10.6 Å². The van der Waals surface area contributed by atoms with Crippen molar-refractivity contribution in [2.45, 2.75) is 11.8 Å². The first-order valence-electron chi connectivity index (χ1n) is 9.65. The van der Waals surface area contributed by atoms with Crippen molar-refractivity contribution in [1.29, 1.82) is 0 Å². The molecular weight excluding hydrogens is 399 g/mol. The summed E-state index contributed by atoms with van der Waals surface area (Å²) in [5.74, 6) is 0.358. The second kappa shape index (κ2) is 11.2. The summed E-state index contributed by atoms with van der Waals surface area (Å²) in [6, 6.07) is 23.8. The van der Waals surface area contributed by atoms with Crippen molar-refractivity contribution < 1.29 is 14.0 Å². The molecule has 0 aliphatic heterocycles. The Balaban J connectivity index is 1.56. The lowest BCUT2D eigenvalue weighted by Crippen LogP contribution is -2.41. The molecule has 0 saturated carbocycles. The van der Waals surface area contributed by atoms with E-state index in [-0.39, 0.29) is 17.6 Å². The number of carbonyl (C=O) groups excluding carboxylic acids is 2. The van der Waals surface area contributed by atoms with E-state index in [9.17, 15) is 14.0 Å². The Morgan fingerprint density at radius 2 is 1.50 bits per heavy atom. The van der Waals surface area contributed by atoms with E-state index in [0.29, 0.717) is 34.7 Å². The lowest BCUT2D eigenvalue weighted by molar-refractivity contribution is -0.123. The standard InChI is InChI=1S/C24H23FN2O2S/c25-21-14-8-7-13-20(21)17-30-16-15-26-24(29)22(18-9-3-1-4-10-18)27-23(28)19-11-5-2-6-12-19/h1-14,22H,15-17H2,(H,26,29)(H,27,28). The molecule has 1 atom stereocenters. The normalized spacial score (nSPS) is 11.5. The van der Waals surface area contributed by atoms with E-state index in [2.05, 4.69) is 10.6 Å². The minimum Gasteiger partial charge on any atom is -0.353 e. The maximum absolute atomic E-state index is 13.7. The van der Waals surface area contributed by atoms with Gasteiger partial charge in [-0.2, -0.15) is 11.8 Å². The fraction of sp³-hybridized carbons (Fsp3) is 0.167. The largest absolute Gasteiger partial charge is 0.353 e. The van der Waals surface area contributed by atoms with Crippen LogP contribution in [0.15, 0.2) is 84.9 Å². The first kappa shape index (κ1) is 21.6. The molecule has 0 spiro atoms. The zero-order valence-corrected chi connectivity index (χ0v) is 17.2. The van der Waals surface area contributed by atoms with Gasteiger partial charge in [0.25, 0.3) is 5.91 Å². The molecule has 0 bridgehead atoms. The van der Waals surface area contributed by atoms with E-state index in [4.69, 9.17) is 0 Å². The number of hydrogen-bond acceptors (Lipinski definition) is 3. The van der Waals surface area contributed by atoms with Crippen molar-refractivity contribution in [2.24, 2.45) is 0 Å². The predicted molar refractivity (Wildman–Crippen MR) is 119 cm³/mol. The zero-order valence-electron chi connectivity index (χ0n) is 16.4. The average Bonchev–Trinajstić information content (AvgIpc) is 2.79. The molecule has 0 aromatic heterocycles. The topological polar surface area (TPSA) is 58.2 Å². The molecule has 0 aliphatic rings. The third kappa shape index (κ3) is 6.19. The predicted octanol–water partition coefficient (Wildman–Crippen LogP) is 4.35. The van der Waals surface area contributed by atoms with Gasteiger partial charge in [0.2, 0.25) is 5.91 Å². The van der Waals surface area contributed by atoms with Crippen molar-refractivity contribution in [3.05, 3.63) is 107 Å². The third-order valence-electron chi connectivity index (χ3n) is 4.47. The van der Waals surface area contributed by atoms with Gasteiger partial charge in [-0.25, -0.2) is 4.39 Å². The molecule has 154 valence electrons. The van der Waals surface area contributed by atoms with Crippen LogP contribution in [0.25, 0.3) is 0 Å². The second-order valence-corrected chi connectivity index (χ2v) is 7.72. The van der Waals surface area contributed by atoms with Gasteiger partial charge in [-0.05, 0) is 29.3 Å². The maximum Gasteiger partial charge on any atom is 0.252 e. The number of halogens is 1. The summed E-state index contributed by atoms with van der Waals surface area (Å²) in [4.78, 5) is 25.4. The van der Waals surface area contributed by atoms with Gasteiger partial charge in [-0.1, -0.05) is 66.7 Å². The minimum atomic E-state index is -0.796. The van der Waals surface area contributed by atoms with Crippen molar-refractivity contribution >= 4 is 23.6 Å². The Hall–Kier alpha value is -3.12. The number of amides is 2. The minimum absolute atomic E-state index is 0.221. The highest BCUT2D eigenvalue weighted by Gasteiger charge is 2.22. The average molecular weight is 423 g/mol. The number of nitrogens with one attached hydrogen (secondary N) is 2. The Labute approximate surface area is 179 Å². The van der Waals surface area contributed by atoms with Crippen LogP contribution in [0.5, 0.6) is 0 Å². The van der Waals surface area contributed by atoms with Gasteiger partial charge in [-0.3, -0.25) is 9.59 Å². The number of hydrogen-bond donors (Lipinski definition) is 2. The van der Waals surface area contributed by atoms with Crippen LogP contribution in [-0.2, 0) is 10.5 Å². The van der Waals surface area contributed by atoms with E-state index in [1.165, 1.54) is 17.8 Å². The smallest absolute Gasteiger partial charge is 0.252 e. The third-order valence-corrected chi connectivity index (χ3v) is 5.48. The van der Waals surface area contributed by atoms with Gasteiger partial charge in [0.05, 0.1) is 0 Å². The molecule has 2 N–H and O–H groups in total. The first-order valence-corrected chi connectivity index (χ1v) is 10.8. The molecule has 6 heteroatoms. The molecule has 0 radical (unpaired) electrons. The SMILES string of the molecule is O=C(NC(C(=O)NCCSCc1ccccc1F)c1ccccc1)c1ccccc1. The molecular formula is C24H23FN2O2S. The molecule has 3 aromatic carbocycles. The molecule has 4 nitrogen and oxygen atoms in total. The highest BCUT2D eigenvalue weighted by atomic mass is 32.2. The Morgan fingerprint density at radius 1 is 0.867 bits per heavy atom. The molecule has 2 amide bonds. The van der Waals surface area contributed by atoms with Gasteiger partial charge in [0.15, 0.2) is 0 Å². The van der Waals surface area contributed by atoms with E-state index in [1.807, 2.05) is 36.4 Å². The fourth-order valence-corrected chi connectivity index (χ4v) is 3.74. The molecule has 0 fully saturated rings. The lowest BCUT2D eigenvalue weighted by atomic mass is 10.1. The summed E-state index contributed by atoms with van der Waals surface area (Å²) in [6.45, 7) is 0.419. The summed E-state index contributed by atoms with van der Waals surface area (Å²) in [5, 5.41) is 5.69. The van der Waals surface area contributed by atoms with Gasteiger partial charge in [-0.15, -0.1) is 0 Å². The van der Waals surface area contributed by atoms with Gasteiger partial charge in [0.1, 0.15) is 11.9 Å². The molecule has 0 saturated heterocycles. The Morgan fingerprint density at radius 3 is 2.20 bits per heavy atom. The van der Waals surface area contributed by atoms with Crippen molar-refractivity contribution in [1.82, 2.24) is 10.6 Å². The molecule has 3 aromatic rings. The molecule has 3 rings (SSSR count). The fourth-order valence-electron chi connectivity index (χ4n) is 2.90. The van der Waals surface area contributed by atoms with Crippen LogP contribution in [0, 0.1) is 5.82 Å². The van der Waals surface area contributed by atoms with Crippen molar-refractivity contribution in [3.8, 4) is 0 Å². The summed E-state index contributed by atoms with van der Waals surface area (Å²) in [5.41, 5.74) is 1.84. The highest BCUT2D eigenvalue weighted by molar-refractivity contribution is 7.98. The van der Waals surface area contributed by atoms with E-state index >= 15 is 0 Å². The number of benzene rings is 3. The summed E-state index contributed by atoms with van der Waals surface area (Å²) in [6.07, 6.45) is 0. The van der Waals surface area contributed by atoms with Crippen LogP contribution >= 0.6 is 11.8 Å². The second-order valence-electron chi connectivity index (χ2n) is 6.62. The van der Waals surface area contributed by atoms with Crippen LogP contribution in [0.2, 0.25) is 0 Å². The van der Waals surface area contributed by atoms with Crippen molar-refractivity contribution in [2.75, 3.05) is 12.3 Å². The Bertz CT molecular complexity index is 967. The van der Waals surface area contributed by atoms with Gasteiger partial charge in [0, 0.05) is 23.6 Å². The molecule has 0 aliphatic carbocycles. The van der Waals surface area contributed by atoms with Crippen LogP contribution in [0.4, 0.5) is 4.39 Å². The van der Waals surface area contributed by atoms with Crippen molar-refractivity contribution in [3.63, 3.8) is 0 Å². The maximum atomic E-state index is 13.7. The van der Waals surface area contributed by atoms with Crippen LogP contribution < -0.4 is 10.6 Å². The molecule has 30 heavy (non-hydrogen) atoms. The number of thioether (sulfide) groups is 1. The monoisotopic (exact) mass is 422 g/mol. The zero-order chi connectivity index (χ0) is 21.2. The van der Waals surface area contributed by atoms with Crippen LogP contribution in [-0.4, -0.2) is 24.1 Å². The van der Waals surface area contributed by atoms with E-state index in [1.54, 1.807) is 42.5 Å². The number of carbonyl (C=O) groups is 2. The summed E-state index contributed by atoms with van der Waals surface area (Å²) in [7, 11) is 0. The van der Waals surface area contributed by atoms with E-state index in [0.717, 1.165) is 0 Å².